The molecular formula is C19H17F3N2O5. The Morgan fingerprint density at radius 1 is 1.00 bits per heavy atom. The fourth-order valence-corrected chi connectivity index (χ4v) is 2.50. The molecule has 0 aliphatic rings. The molecule has 29 heavy (non-hydrogen) atoms. The van der Waals surface area contributed by atoms with Crippen molar-refractivity contribution in [3.8, 4) is 0 Å². The Morgan fingerprint density at radius 2 is 1.55 bits per heavy atom. The number of amides is 2. The first-order chi connectivity index (χ1) is 13.5. The summed E-state index contributed by atoms with van der Waals surface area (Å²) >= 11 is 0. The highest BCUT2D eigenvalue weighted by molar-refractivity contribution is 5.89. The van der Waals surface area contributed by atoms with E-state index in [1.165, 1.54) is 24.3 Å². The zero-order valence-electron chi connectivity index (χ0n) is 14.8. The number of benzene rings is 2. The average molecular weight is 410 g/mol. The molecule has 2 amide bonds. The third-order valence-corrected chi connectivity index (χ3v) is 4.10. The number of carbonyl (C=O) groups is 3. The number of primary amides is 1. The van der Waals surface area contributed by atoms with Gasteiger partial charge in [-0.25, -0.2) is 4.79 Å². The maximum Gasteiger partial charge on any atom is 0.416 e. The number of hydrogen-bond donors (Lipinski definition) is 4. The third-order valence-electron chi connectivity index (χ3n) is 4.10. The summed E-state index contributed by atoms with van der Waals surface area (Å²) in [5.74, 6) is -3.05. The molecule has 5 N–H and O–H groups in total. The van der Waals surface area contributed by atoms with Gasteiger partial charge in [0.1, 0.15) is 6.04 Å². The van der Waals surface area contributed by atoms with Gasteiger partial charge in [-0.1, -0.05) is 24.3 Å². The lowest BCUT2D eigenvalue weighted by Crippen LogP contribution is -2.47. The van der Waals surface area contributed by atoms with Crippen molar-refractivity contribution in [2.75, 3.05) is 0 Å². The van der Waals surface area contributed by atoms with Crippen molar-refractivity contribution in [1.29, 1.82) is 0 Å². The molecule has 0 saturated heterocycles. The minimum absolute atomic E-state index is 0.0335. The van der Waals surface area contributed by atoms with Crippen LogP contribution < -0.4 is 11.1 Å². The Balaban J connectivity index is 2.08. The van der Waals surface area contributed by atoms with Crippen LogP contribution in [0.2, 0.25) is 0 Å². The predicted molar refractivity (Wildman–Crippen MR) is 94.6 cm³/mol. The van der Waals surface area contributed by atoms with E-state index >= 15 is 0 Å². The van der Waals surface area contributed by atoms with E-state index < -0.39 is 41.7 Å². The molecule has 0 heterocycles. The third kappa shape index (κ3) is 5.79. The van der Waals surface area contributed by atoms with Crippen LogP contribution in [0.4, 0.5) is 13.2 Å². The largest absolute Gasteiger partial charge is 0.478 e. The van der Waals surface area contributed by atoms with Crippen LogP contribution in [0, 0.1) is 0 Å². The lowest BCUT2D eigenvalue weighted by atomic mass is 10.0. The molecule has 0 unspecified atom stereocenters. The number of aromatic carboxylic acids is 1. The van der Waals surface area contributed by atoms with Gasteiger partial charge in [-0.3, -0.25) is 9.59 Å². The topological polar surface area (TPSA) is 130 Å². The highest BCUT2D eigenvalue weighted by atomic mass is 19.4. The van der Waals surface area contributed by atoms with Gasteiger partial charge in [-0.15, -0.1) is 0 Å². The van der Waals surface area contributed by atoms with E-state index in [9.17, 15) is 32.7 Å². The lowest BCUT2D eigenvalue weighted by Gasteiger charge is -2.19. The van der Waals surface area contributed by atoms with Crippen LogP contribution in [0.3, 0.4) is 0 Å². The van der Waals surface area contributed by atoms with E-state index in [2.05, 4.69) is 5.32 Å². The molecule has 0 saturated carbocycles. The number of alkyl halides is 3. The van der Waals surface area contributed by atoms with Crippen molar-refractivity contribution < 1.29 is 37.8 Å². The first-order valence-corrected chi connectivity index (χ1v) is 8.26. The molecular weight excluding hydrogens is 393 g/mol. The number of hydrogen-bond acceptors (Lipinski definition) is 4. The molecule has 0 aliphatic heterocycles. The highest BCUT2D eigenvalue weighted by Crippen LogP contribution is 2.30. The molecule has 0 radical (unpaired) electrons. The summed E-state index contributed by atoms with van der Waals surface area (Å²) in [5, 5.41) is 21.2. The van der Waals surface area contributed by atoms with Crippen LogP contribution in [0.25, 0.3) is 0 Å². The van der Waals surface area contributed by atoms with Gasteiger partial charge in [0, 0.05) is 6.42 Å². The average Bonchev–Trinajstić information content (AvgIpc) is 2.66. The normalized spacial score (nSPS) is 13.4. The Bertz CT molecular complexity index is 896. The van der Waals surface area contributed by atoms with Gasteiger partial charge in [-0.2, -0.15) is 13.2 Å². The SMILES string of the molecule is NC(=O)[C@H](Cc1ccc(C(=O)O)cc1)NC(=O)[C@H](O)c1ccc(C(F)(F)F)cc1. The Kier molecular flexibility index (Phi) is 6.60. The van der Waals surface area contributed by atoms with Crippen molar-refractivity contribution in [3.05, 3.63) is 70.8 Å². The second-order valence-corrected chi connectivity index (χ2v) is 6.19. The number of carbonyl (C=O) groups excluding carboxylic acids is 2. The number of rotatable bonds is 7. The van der Waals surface area contributed by atoms with Gasteiger partial charge in [0.2, 0.25) is 5.91 Å². The molecule has 2 aromatic carbocycles. The second kappa shape index (κ2) is 8.74. The minimum Gasteiger partial charge on any atom is -0.478 e. The van der Waals surface area contributed by atoms with Gasteiger partial charge >= 0.3 is 12.1 Å². The zero-order chi connectivity index (χ0) is 21.8. The molecule has 0 spiro atoms. The molecule has 10 heteroatoms. The van der Waals surface area contributed by atoms with Crippen molar-refractivity contribution in [1.82, 2.24) is 5.32 Å². The van der Waals surface area contributed by atoms with Crippen LogP contribution >= 0.6 is 0 Å². The fourth-order valence-electron chi connectivity index (χ4n) is 2.50. The monoisotopic (exact) mass is 410 g/mol. The van der Waals surface area contributed by atoms with Gasteiger partial charge < -0.3 is 21.3 Å². The number of halogens is 3. The Hall–Kier alpha value is -3.40. The van der Waals surface area contributed by atoms with Gasteiger partial charge in [0.15, 0.2) is 6.10 Å². The van der Waals surface area contributed by atoms with Gasteiger partial charge in [0.05, 0.1) is 11.1 Å². The van der Waals surface area contributed by atoms with E-state index in [0.717, 1.165) is 24.3 Å². The highest BCUT2D eigenvalue weighted by Gasteiger charge is 2.31. The fraction of sp³-hybridized carbons (Fsp3) is 0.211. The molecule has 2 atom stereocenters. The maximum atomic E-state index is 12.6. The summed E-state index contributed by atoms with van der Waals surface area (Å²) in [6.45, 7) is 0. The molecule has 0 fully saturated rings. The van der Waals surface area contributed by atoms with Crippen LogP contribution in [0.5, 0.6) is 0 Å². The number of aliphatic hydroxyl groups excluding tert-OH is 1. The Morgan fingerprint density at radius 3 is 2.00 bits per heavy atom. The quantitative estimate of drug-likeness (QED) is 0.552. The predicted octanol–water partition coefficient (Wildman–Crippen LogP) is 1.65. The van der Waals surface area contributed by atoms with Crippen molar-refractivity contribution in [2.45, 2.75) is 24.7 Å². The van der Waals surface area contributed by atoms with Crippen molar-refractivity contribution >= 4 is 17.8 Å². The van der Waals surface area contributed by atoms with Crippen LogP contribution in [0.15, 0.2) is 48.5 Å². The summed E-state index contributed by atoms with van der Waals surface area (Å²) in [6, 6.07) is 7.65. The Labute approximate surface area is 163 Å². The van der Waals surface area contributed by atoms with E-state index in [-0.39, 0.29) is 17.5 Å². The number of aliphatic hydroxyl groups is 1. The van der Waals surface area contributed by atoms with Crippen LogP contribution in [-0.4, -0.2) is 34.0 Å². The van der Waals surface area contributed by atoms with Crippen molar-refractivity contribution in [2.24, 2.45) is 5.73 Å². The first kappa shape index (κ1) is 21.9. The van der Waals surface area contributed by atoms with Crippen LogP contribution in [0.1, 0.15) is 33.2 Å². The second-order valence-electron chi connectivity index (χ2n) is 6.19. The lowest BCUT2D eigenvalue weighted by molar-refractivity contribution is -0.137. The van der Waals surface area contributed by atoms with Crippen LogP contribution in [-0.2, 0) is 22.2 Å². The minimum atomic E-state index is -4.56. The maximum absolute atomic E-state index is 12.6. The van der Waals surface area contributed by atoms with Crippen molar-refractivity contribution in [3.63, 3.8) is 0 Å². The number of nitrogens with one attached hydrogen (secondary N) is 1. The number of nitrogens with two attached hydrogens (primary N) is 1. The summed E-state index contributed by atoms with van der Waals surface area (Å²) < 4.78 is 37.8. The number of carboxylic acids is 1. The van der Waals surface area contributed by atoms with Gasteiger partial charge in [0.25, 0.3) is 5.91 Å². The molecule has 154 valence electrons. The molecule has 2 aromatic rings. The summed E-state index contributed by atoms with van der Waals surface area (Å²) in [6.07, 6.45) is -6.44. The molecule has 0 aliphatic carbocycles. The molecule has 0 aromatic heterocycles. The summed E-state index contributed by atoms with van der Waals surface area (Å²) in [4.78, 5) is 34.7. The summed E-state index contributed by atoms with van der Waals surface area (Å²) in [5.41, 5.74) is 4.77. The molecule has 0 bridgehead atoms. The standard InChI is InChI=1S/C19H17F3N2O5/c20-19(21,22)13-7-5-11(6-8-13)15(25)17(27)24-14(16(23)26)9-10-1-3-12(4-2-10)18(28)29/h1-8,14-15,25H,9H2,(H2,23,26)(H,24,27)(H,28,29)/t14-,15+/m0/s1. The van der Waals surface area contributed by atoms with Gasteiger partial charge in [-0.05, 0) is 35.4 Å². The smallest absolute Gasteiger partial charge is 0.416 e. The van der Waals surface area contributed by atoms with E-state index in [0.29, 0.717) is 5.56 Å². The molecule has 7 nitrogen and oxygen atoms in total. The first-order valence-electron chi connectivity index (χ1n) is 8.26. The van der Waals surface area contributed by atoms with E-state index in [1.807, 2.05) is 0 Å². The number of carboxylic acid groups (broad SMARTS) is 1. The summed E-state index contributed by atoms with van der Waals surface area (Å²) in [7, 11) is 0. The zero-order valence-corrected chi connectivity index (χ0v) is 14.8. The van der Waals surface area contributed by atoms with E-state index in [1.54, 1.807) is 0 Å². The molecule has 2 rings (SSSR count). The van der Waals surface area contributed by atoms with E-state index in [4.69, 9.17) is 10.8 Å².